The number of hydrogen-bond donors (Lipinski definition) is 3. The van der Waals surface area contributed by atoms with Gasteiger partial charge < -0.3 is 24.8 Å². The topological polar surface area (TPSA) is 124 Å². The number of fused-ring (bicyclic) bond motifs is 1. The fourth-order valence-electron chi connectivity index (χ4n) is 5.44. The summed E-state index contributed by atoms with van der Waals surface area (Å²) in [4.78, 5) is 48.1. The summed E-state index contributed by atoms with van der Waals surface area (Å²) >= 11 is 0. The molecule has 36 heavy (non-hydrogen) atoms. The van der Waals surface area contributed by atoms with E-state index in [-0.39, 0.29) is 42.0 Å². The summed E-state index contributed by atoms with van der Waals surface area (Å²) < 4.78 is 12.1. The van der Waals surface area contributed by atoms with E-state index in [4.69, 9.17) is 9.31 Å². The van der Waals surface area contributed by atoms with E-state index in [9.17, 15) is 14.4 Å². The van der Waals surface area contributed by atoms with Gasteiger partial charge in [0.25, 0.3) is 5.91 Å². The van der Waals surface area contributed by atoms with E-state index in [0.717, 1.165) is 10.4 Å². The molecular formula is C25H34BN5O5. The van der Waals surface area contributed by atoms with Crippen molar-refractivity contribution >= 4 is 24.5 Å². The molecular weight excluding hydrogens is 461 g/mol. The maximum atomic E-state index is 13.7. The quantitative estimate of drug-likeness (QED) is 0.421. The first-order valence-electron chi connectivity index (χ1n) is 12.5. The zero-order valence-corrected chi connectivity index (χ0v) is 21.1. The molecule has 6 atom stereocenters. The molecule has 2 aromatic rings. The normalized spacial score (nSPS) is 26.7. The largest absolute Gasteiger partial charge is 0.609 e. The fourth-order valence-corrected chi connectivity index (χ4v) is 5.44. The Morgan fingerprint density at radius 1 is 1.17 bits per heavy atom. The lowest BCUT2D eigenvalue weighted by Crippen LogP contribution is -3.26. The van der Waals surface area contributed by atoms with Crippen molar-refractivity contribution in [1.82, 2.24) is 20.6 Å². The summed E-state index contributed by atoms with van der Waals surface area (Å²) in [5.41, 5.74) is 1.01. The van der Waals surface area contributed by atoms with E-state index in [1.807, 2.05) is 58.0 Å². The summed E-state index contributed by atoms with van der Waals surface area (Å²) in [6, 6.07) is 8.23. The molecule has 0 spiro atoms. The highest BCUT2D eigenvalue weighted by Gasteiger charge is 2.65. The van der Waals surface area contributed by atoms with E-state index in [0.29, 0.717) is 13.0 Å². The maximum Gasteiger partial charge on any atom is 0.548 e. The Morgan fingerprint density at radius 2 is 1.92 bits per heavy atom. The molecule has 10 nitrogen and oxygen atoms in total. The SMILES string of the molecule is CC(C)C[C@H](NC(=O)[C@H](Cc1ccccc1)NC(=O)c1cnccn1)[B-]12OC[C@@H](C)[NH+]1[C@H](C)C(=O)O2. The van der Waals surface area contributed by atoms with Crippen LogP contribution in [-0.4, -0.2) is 65.1 Å². The maximum absolute atomic E-state index is 13.7. The first-order valence-corrected chi connectivity index (χ1v) is 12.5. The number of nitrogens with zero attached hydrogens (tertiary/aromatic N) is 2. The highest BCUT2D eigenvalue weighted by molar-refractivity contribution is 6.64. The Bertz CT molecular complexity index is 1090. The molecule has 2 unspecified atom stereocenters. The first-order chi connectivity index (χ1) is 17.2. The highest BCUT2D eigenvalue weighted by atomic mass is 16.7. The van der Waals surface area contributed by atoms with E-state index in [2.05, 4.69) is 20.6 Å². The molecule has 192 valence electrons. The minimum atomic E-state index is -2.15. The van der Waals surface area contributed by atoms with Crippen LogP contribution in [0.1, 0.15) is 50.2 Å². The van der Waals surface area contributed by atoms with E-state index >= 15 is 0 Å². The highest BCUT2D eigenvalue weighted by Crippen LogP contribution is 2.24. The predicted octanol–water partition coefficient (Wildman–Crippen LogP) is 0.0756. The van der Waals surface area contributed by atoms with Gasteiger partial charge in [0.05, 0.1) is 18.8 Å². The first kappa shape index (κ1) is 25.8. The number of carbonyl (C=O) groups excluding carboxylic acids is 3. The number of nitrogens with one attached hydrogen (secondary N) is 3. The fraction of sp³-hybridized carbons (Fsp3) is 0.480. The Labute approximate surface area is 211 Å². The van der Waals surface area contributed by atoms with Crippen molar-refractivity contribution in [3.8, 4) is 0 Å². The average molecular weight is 495 g/mol. The second-order valence-corrected chi connectivity index (χ2v) is 10.2. The minimum absolute atomic E-state index is 0.0505. The average Bonchev–Trinajstić information content (AvgIpc) is 3.33. The molecule has 0 radical (unpaired) electrons. The van der Waals surface area contributed by atoms with E-state index < -0.39 is 24.6 Å². The van der Waals surface area contributed by atoms with Crippen LogP contribution in [0.3, 0.4) is 0 Å². The van der Waals surface area contributed by atoms with Gasteiger partial charge in [0.2, 0.25) is 5.91 Å². The zero-order chi connectivity index (χ0) is 25.9. The summed E-state index contributed by atoms with van der Waals surface area (Å²) in [6.07, 6.45) is 5.08. The van der Waals surface area contributed by atoms with Gasteiger partial charge in [-0.1, -0.05) is 50.6 Å². The van der Waals surface area contributed by atoms with Crippen molar-refractivity contribution in [3.05, 3.63) is 60.2 Å². The van der Waals surface area contributed by atoms with Gasteiger partial charge in [-0.05, 0) is 25.3 Å². The van der Waals surface area contributed by atoms with Gasteiger partial charge in [-0.3, -0.25) is 14.6 Å². The van der Waals surface area contributed by atoms with Gasteiger partial charge in [-0.15, -0.1) is 0 Å². The Hall–Kier alpha value is -3.31. The number of hydrogen-bond acceptors (Lipinski definition) is 7. The van der Waals surface area contributed by atoms with Gasteiger partial charge in [0, 0.05) is 24.8 Å². The number of quaternary nitrogens is 1. The summed E-state index contributed by atoms with van der Waals surface area (Å²) in [5.74, 6) is -1.55. The Balaban J connectivity index is 1.60. The number of aromatic nitrogens is 2. The van der Waals surface area contributed by atoms with Crippen LogP contribution in [0.4, 0.5) is 0 Å². The van der Waals surface area contributed by atoms with E-state index in [1.165, 1.54) is 18.6 Å². The third-order valence-corrected chi connectivity index (χ3v) is 7.06. The molecule has 3 N–H and O–H groups in total. The number of benzene rings is 1. The summed E-state index contributed by atoms with van der Waals surface area (Å²) in [5, 5.41) is 5.92. The van der Waals surface area contributed by atoms with Crippen LogP contribution in [0.5, 0.6) is 0 Å². The van der Waals surface area contributed by atoms with Crippen molar-refractivity contribution in [2.45, 2.75) is 64.6 Å². The van der Waals surface area contributed by atoms with Gasteiger partial charge >= 0.3 is 12.7 Å². The van der Waals surface area contributed by atoms with Gasteiger partial charge in [0.15, 0.2) is 0 Å². The second-order valence-electron chi connectivity index (χ2n) is 10.2. The van der Waals surface area contributed by atoms with Crippen molar-refractivity contribution in [2.24, 2.45) is 5.92 Å². The lowest BCUT2D eigenvalue weighted by Gasteiger charge is -2.40. The van der Waals surface area contributed by atoms with Crippen LogP contribution in [0.25, 0.3) is 0 Å². The third-order valence-electron chi connectivity index (χ3n) is 7.06. The van der Waals surface area contributed by atoms with Gasteiger partial charge in [-0.25, -0.2) is 9.78 Å². The predicted molar refractivity (Wildman–Crippen MR) is 133 cm³/mol. The molecule has 2 fully saturated rings. The second kappa shape index (κ2) is 10.8. The smallest absolute Gasteiger partial charge is 0.548 e. The van der Waals surface area contributed by atoms with Crippen LogP contribution in [0.2, 0.25) is 0 Å². The van der Waals surface area contributed by atoms with Crippen molar-refractivity contribution < 1.29 is 28.5 Å². The van der Waals surface area contributed by atoms with E-state index in [1.54, 1.807) is 0 Å². The van der Waals surface area contributed by atoms with Crippen LogP contribution in [0.15, 0.2) is 48.9 Å². The van der Waals surface area contributed by atoms with Crippen LogP contribution in [0, 0.1) is 5.92 Å². The molecule has 1 aromatic carbocycles. The van der Waals surface area contributed by atoms with Crippen molar-refractivity contribution in [3.63, 3.8) is 0 Å². The summed E-state index contributed by atoms with van der Waals surface area (Å²) in [7, 11) is 0. The number of amides is 2. The molecule has 4 rings (SSSR count). The van der Waals surface area contributed by atoms with Gasteiger partial charge in [0.1, 0.15) is 17.8 Å². The standard InChI is InChI=1S/C25H34BN5O5/c1-16(2)12-22(26-31(17(3)15-35-26)18(4)25(34)36-26)30-23(32)20(13-19-8-6-5-7-9-19)29-24(33)21-14-27-10-11-28-21/h5-11,14,16-18,20,22,31H,12-13,15H2,1-4H3,(H,29,33)(H,30,32)/t17-,18-,20+,22+,26?/m1/s1. The molecule has 2 amide bonds. The number of carbonyl (C=O) groups is 3. The zero-order valence-electron chi connectivity index (χ0n) is 21.1. The van der Waals surface area contributed by atoms with Crippen LogP contribution >= 0.6 is 0 Å². The molecule has 2 aliphatic heterocycles. The molecule has 1 aromatic heterocycles. The minimum Gasteiger partial charge on any atom is -0.609 e. The third kappa shape index (κ3) is 5.27. The molecule has 0 saturated carbocycles. The Kier molecular flexibility index (Phi) is 7.70. The number of rotatable bonds is 9. The molecule has 0 bridgehead atoms. The Morgan fingerprint density at radius 3 is 2.58 bits per heavy atom. The molecule has 11 heteroatoms. The molecule has 2 aliphatic rings. The van der Waals surface area contributed by atoms with Gasteiger partial charge in [-0.2, -0.15) is 0 Å². The lowest BCUT2D eigenvalue weighted by atomic mass is 9.59. The van der Waals surface area contributed by atoms with Crippen LogP contribution in [-0.2, 0) is 25.3 Å². The monoisotopic (exact) mass is 495 g/mol. The van der Waals surface area contributed by atoms with Crippen molar-refractivity contribution in [2.75, 3.05) is 6.61 Å². The van der Waals surface area contributed by atoms with Crippen molar-refractivity contribution in [1.29, 1.82) is 0 Å². The van der Waals surface area contributed by atoms with Crippen LogP contribution < -0.4 is 15.4 Å². The molecule has 0 aliphatic carbocycles. The molecule has 2 saturated heterocycles. The summed E-state index contributed by atoms with van der Waals surface area (Å²) in [6.45, 7) is 6.23. The molecule has 3 heterocycles. The lowest BCUT2D eigenvalue weighted by molar-refractivity contribution is -0.831.